The normalized spacial score (nSPS) is 10.8. The van der Waals surface area contributed by atoms with Crippen LogP contribution in [0.1, 0.15) is 5.56 Å². The van der Waals surface area contributed by atoms with Crippen molar-refractivity contribution in [2.45, 2.75) is 0 Å². The molecule has 0 saturated carbocycles. The van der Waals surface area contributed by atoms with Crippen molar-refractivity contribution in [2.24, 2.45) is 0 Å². The van der Waals surface area contributed by atoms with E-state index in [1.165, 1.54) is 18.5 Å². The summed E-state index contributed by atoms with van der Waals surface area (Å²) >= 11 is 5.88. The molecule has 5 heteroatoms. The third-order valence-electron chi connectivity index (χ3n) is 2.96. The molecular weight excluding hydrogens is 265 g/mol. The first-order valence-electron chi connectivity index (χ1n) is 5.62. The van der Waals surface area contributed by atoms with Gasteiger partial charge < -0.3 is 10.4 Å². The minimum Gasteiger partial charge on any atom is -0.354 e. The minimum atomic E-state index is -0.281. The number of halogens is 2. The van der Waals surface area contributed by atoms with Gasteiger partial charge in [-0.05, 0) is 24.3 Å². The lowest BCUT2D eigenvalue weighted by atomic mass is 10.1. The predicted molar refractivity (Wildman–Crippen MR) is 74.4 cm³/mol. The fraction of sp³-hybridized carbons (Fsp3) is 0. The van der Waals surface area contributed by atoms with Crippen LogP contribution in [0.2, 0.25) is 5.15 Å². The van der Waals surface area contributed by atoms with Crippen LogP contribution >= 0.6 is 11.6 Å². The molecule has 0 spiro atoms. The molecule has 0 aliphatic heterocycles. The molecular formula is C14H9ClFN3. The van der Waals surface area contributed by atoms with Gasteiger partial charge in [0, 0.05) is 40.1 Å². The maximum absolute atomic E-state index is 13.7. The zero-order valence-corrected chi connectivity index (χ0v) is 10.5. The first-order chi connectivity index (χ1) is 9.19. The molecule has 0 fully saturated rings. The number of benzene rings is 1. The lowest BCUT2D eigenvalue weighted by Crippen LogP contribution is -1.90. The SMILES string of the molecule is N=Cc1cnc(Cl)cc1-c1cc2c(F)cccc2[nH]1. The molecule has 94 valence electrons. The Morgan fingerprint density at radius 3 is 2.89 bits per heavy atom. The fourth-order valence-electron chi connectivity index (χ4n) is 2.05. The van der Waals surface area contributed by atoms with Gasteiger partial charge in [-0.2, -0.15) is 0 Å². The molecule has 19 heavy (non-hydrogen) atoms. The van der Waals surface area contributed by atoms with E-state index in [0.29, 0.717) is 27.3 Å². The van der Waals surface area contributed by atoms with E-state index >= 15 is 0 Å². The highest BCUT2D eigenvalue weighted by molar-refractivity contribution is 6.29. The Morgan fingerprint density at radius 2 is 2.16 bits per heavy atom. The highest BCUT2D eigenvalue weighted by Crippen LogP contribution is 2.28. The Bertz CT molecular complexity index is 779. The average molecular weight is 274 g/mol. The molecule has 0 aliphatic carbocycles. The minimum absolute atomic E-state index is 0.281. The van der Waals surface area contributed by atoms with E-state index in [1.54, 1.807) is 24.3 Å². The molecule has 3 rings (SSSR count). The number of aromatic nitrogens is 2. The second-order valence-electron chi connectivity index (χ2n) is 4.12. The summed E-state index contributed by atoms with van der Waals surface area (Å²) in [5, 5.41) is 8.23. The van der Waals surface area contributed by atoms with Gasteiger partial charge in [0.2, 0.25) is 0 Å². The van der Waals surface area contributed by atoms with E-state index < -0.39 is 0 Å². The predicted octanol–water partition coefficient (Wildman–Crippen LogP) is 4.02. The Hall–Kier alpha value is -2.20. The van der Waals surface area contributed by atoms with Gasteiger partial charge in [0.25, 0.3) is 0 Å². The van der Waals surface area contributed by atoms with Gasteiger partial charge in [-0.3, -0.25) is 0 Å². The fourth-order valence-corrected chi connectivity index (χ4v) is 2.21. The Labute approximate surface area is 113 Å². The molecule has 3 aromatic rings. The van der Waals surface area contributed by atoms with Gasteiger partial charge in [-0.15, -0.1) is 0 Å². The quantitative estimate of drug-likeness (QED) is 0.538. The van der Waals surface area contributed by atoms with Crippen LogP contribution in [0, 0.1) is 11.2 Å². The zero-order valence-electron chi connectivity index (χ0n) is 9.74. The summed E-state index contributed by atoms with van der Waals surface area (Å²) < 4.78 is 13.7. The Balaban J connectivity index is 2.27. The number of rotatable bonds is 2. The second kappa shape index (κ2) is 4.48. The summed E-state index contributed by atoms with van der Waals surface area (Å²) in [6.45, 7) is 0. The summed E-state index contributed by atoms with van der Waals surface area (Å²) in [5.41, 5.74) is 2.77. The summed E-state index contributed by atoms with van der Waals surface area (Å²) in [4.78, 5) is 7.06. The number of hydrogen-bond donors (Lipinski definition) is 2. The molecule has 0 unspecified atom stereocenters. The van der Waals surface area contributed by atoms with Crippen LogP contribution in [0.25, 0.3) is 22.2 Å². The lowest BCUT2D eigenvalue weighted by molar-refractivity contribution is 0.640. The standard InChI is InChI=1S/C14H9ClFN3/c15-14-5-9(8(6-17)7-18-14)13-4-10-11(16)2-1-3-12(10)19-13/h1-7,17,19H. The number of hydrogen-bond acceptors (Lipinski definition) is 2. The smallest absolute Gasteiger partial charge is 0.132 e. The maximum Gasteiger partial charge on any atom is 0.132 e. The maximum atomic E-state index is 13.7. The topological polar surface area (TPSA) is 52.5 Å². The van der Waals surface area contributed by atoms with Crippen LogP contribution in [0.3, 0.4) is 0 Å². The van der Waals surface area contributed by atoms with Crippen LogP contribution in [0.5, 0.6) is 0 Å². The first kappa shape index (κ1) is 11.9. The van der Waals surface area contributed by atoms with Gasteiger partial charge in [-0.1, -0.05) is 17.7 Å². The largest absolute Gasteiger partial charge is 0.354 e. The third kappa shape index (κ3) is 2.00. The van der Waals surface area contributed by atoms with E-state index in [4.69, 9.17) is 17.0 Å². The van der Waals surface area contributed by atoms with Crippen LogP contribution in [0.4, 0.5) is 4.39 Å². The molecule has 0 radical (unpaired) electrons. The molecule has 2 aromatic heterocycles. The van der Waals surface area contributed by atoms with Crippen molar-refractivity contribution in [3.05, 3.63) is 53.1 Å². The zero-order chi connectivity index (χ0) is 13.4. The molecule has 0 atom stereocenters. The van der Waals surface area contributed by atoms with E-state index in [9.17, 15) is 4.39 Å². The summed E-state index contributed by atoms with van der Waals surface area (Å²) in [6.07, 6.45) is 2.72. The number of nitrogens with one attached hydrogen (secondary N) is 2. The van der Waals surface area contributed by atoms with E-state index in [1.807, 2.05) is 0 Å². The van der Waals surface area contributed by atoms with Crippen LogP contribution < -0.4 is 0 Å². The van der Waals surface area contributed by atoms with Crippen LogP contribution in [-0.2, 0) is 0 Å². The van der Waals surface area contributed by atoms with Crippen molar-refractivity contribution in [2.75, 3.05) is 0 Å². The lowest BCUT2D eigenvalue weighted by Gasteiger charge is -2.02. The molecule has 1 aromatic carbocycles. The number of fused-ring (bicyclic) bond motifs is 1. The van der Waals surface area contributed by atoms with Gasteiger partial charge in [0.05, 0.1) is 0 Å². The van der Waals surface area contributed by atoms with Gasteiger partial charge in [0.1, 0.15) is 11.0 Å². The van der Waals surface area contributed by atoms with Crippen molar-refractivity contribution in [3.63, 3.8) is 0 Å². The van der Waals surface area contributed by atoms with Gasteiger partial charge in [-0.25, -0.2) is 9.37 Å². The van der Waals surface area contributed by atoms with Crippen molar-refractivity contribution in [3.8, 4) is 11.3 Å². The second-order valence-corrected chi connectivity index (χ2v) is 4.51. The summed E-state index contributed by atoms with van der Waals surface area (Å²) in [5.74, 6) is -0.281. The molecule has 2 N–H and O–H groups in total. The van der Waals surface area contributed by atoms with E-state index in [-0.39, 0.29) is 5.82 Å². The number of nitrogens with zero attached hydrogens (tertiary/aromatic N) is 1. The molecule has 0 amide bonds. The van der Waals surface area contributed by atoms with Crippen molar-refractivity contribution in [1.29, 1.82) is 5.41 Å². The third-order valence-corrected chi connectivity index (χ3v) is 3.16. The van der Waals surface area contributed by atoms with Crippen molar-refractivity contribution in [1.82, 2.24) is 9.97 Å². The summed E-state index contributed by atoms with van der Waals surface area (Å²) in [6, 6.07) is 8.23. The summed E-state index contributed by atoms with van der Waals surface area (Å²) in [7, 11) is 0. The number of pyridine rings is 1. The van der Waals surface area contributed by atoms with Gasteiger partial charge in [0.15, 0.2) is 0 Å². The molecule has 0 bridgehead atoms. The molecule has 0 aliphatic rings. The molecule has 3 nitrogen and oxygen atoms in total. The van der Waals surface area contributed by atoms with Crippen LogP contribution in [0.15, 0.2) is 36.5 Å². The highest BCUT2D eigenvalue weighted by atomic mass is 35.5. The monoisotopic (exact) mass is 273 g/mol. The van der Waals surface area contributed by atoms with Crippen molar-refractivity contribution >= 4 is 28.7 Å². The molecule has 0 saturated heterocycles. The first-order valence-corrected chi connectivity index (χ1v) is 6.00. The Kier molecular flexibility index (Phi) is 2.80. The van der Waals surface area contributed by atoms with Gasteiger partial charge >= 0.3 is 0 Å². The van der Waals surface area contributed by atoms with E-state index in [0.717, 1.165) is 5.56 Å². The number of aromatic amines is 1. The number of H-pyrrole nitrogens is 1. The van der Waals surface area contributed by atoms with Crippen LogP contribution in [-0.4, -0.2) is 16.2 Å². The highest BCUT2D eigenvalue weighted by Gasteiger charge is 2.10. The van der Waals surface area contributed by atoms with E-state index in [2.05, 4.69) is 9.97 Å². The Morgan fingerprint density at radius 1 is 1.32 bits per heavy atom. The van der Waals surface area contributed by atoms with Crippen molar-refractivity contribution < 1.29 is 4.39 Å². The molecule has 2 heterocycles. The average Bonchev–Trinajstić information content (AvgIpc) is 2.84.